The number of fused-ring (bicyclic) bond motifs is 2. The Balaban J connectivity index is 0.00000289. The minimum Gasteiger partial charge on any atom is -0.486 e. The van der Waals surface area contributed by atoms with Crippen molar-refractivity contribution in [1.82, 2.24) is 9.88 Å². The van der Waals surface area contributed by atoms with Crippen LogP contribution in [-0.4, -0.2) is 55.2 Å². The van der Waals surface area contributed by atoms with E-state index in [9.17, 15) is 4.79 Å². The van der Waals surface area contributed by atoms with Gasteiger partial charge in [-0.1, -0.05) is 42.9 Å². The molecule has 0 spiro atoms. The van der Waals surface area contributed by atoms with Gasteiger partial charge in [0.25, 0.3) is 5.91 Å². The molecule has 2 heterocycles. The highest BCUT2D eigenvalue weighted by molar-refractivity contribution is 7.22. The minimum absolute atomic E-state index is 0. The van der Waals surface area contributed by atoms with E-state index in [0.29, 0.717) is 30.6 Å². The number of rotatable bonds is 7. The molecule has 0 aliphatic carbocycles. The van der Waals surface area contributed by atoms with Gasteiger partial charge in [0.1, 0.15) is 13.2 Å². The number of aromatic nitrogens is 1. The maximum absolute atomic E-state index is 13.7. The number of benzene rings is 2. The Hall–Kier alpha value is -2.35. The molecule has 4 rings (SSSR count). The monoisotopic (exact) mass is 475 g/mol. The van der Waals surface area contributed by atoms with Gasteiger partial charge in [0.2, 0.25) is 0 Å². The van der Waals surface area contributed by atoms with Crippen molar-refractivity contribution < 1.29 is 14.3 Å². The molecule has 0 radical (unpaired) electrons. The van der Waals surface area contributed by atoms with Crippen molar-refractivity contribution >= 4 is 45.0 Å². The summed E-state index contributed by atoms with van der Waals surface area (Å²) >= 11 is 1.52. The van der Waals surface area contributed by atoms with E-state index < -0.39 is 0 Å². The van der Waals surface area contributed by atoms with Crippen LogP contribution in [0.1, 0.15) is 35.3 Å². The number of anilines is 1. The summed E-state index contributed by atoms with van der Waals surface area (Å²) in [4.78, 5) is 22.6. The second-order valence-electron chi connectivity index (χ2n) is 7.76. The molecular weight excluding hydrogens is 446 g/mol. The molecule has 32 heavy (non-hydrogen) atoms. The lowest BCUT2D eigenvalue weighted by atomic mass is 10.0. The van der Waals surface area contributed by atoms with Crippen molar-refractivity contribution in [1.29, 1.82) is 0 Å². The molecule has 0 unspecified atom stereocenters. The first kappa shape index (κ1) is 24.3. The fourth-order valence-corrected chi connectivity index (χ4v) is 4.75. The second kappa shape index (κ2) is 10.5. The smallest absolute Gasteiger partial charge is 0.260 e. The fourth-order valence-electron chi connectivity index (χ4n) is 3.75. The molecule has 0 fully saturated rings. The highest BCUT2D eigenvalue weighted by Crippen LogP contribution is 2.39. The number of hydrogen-bond donors (Lipinski definition) is 0. The summed E-state index contributed by atoms with van der Waals surface area (Å²) in [5, 5.41) is 0.704. The Bertz CT molecular complexity index is 1050. The molecule has 0 N–H and O–H groups in total. The van der Waals surface area contributed by atoms with Crippen LogP contribution in [0.5, 0.6) is 11.5 Å². The van der Waals surface area contributed by atoms with E-state index in [1.54, 1.807) is 0 Å². The van der Waals surface area contributed by atoms with E-state index in [2.05, 4.69) is 18.7 Å². The number of thiazole rings is 1. The van der Waals surface area contributed by atoms with Gasteiger partial charge in [0.05, 0.1) is 10.2 Å². The topological polar surface area (TPSA) is 54.9 Å². The lowest BCUT2D eigenvalue weighted by Gasteiger charge is -2.25. The molecule has 3 aromatic rings. The van der Waals surface area contributed by atoms with Crippen molar-refractivity contribution in [3.05, 3.63) is 47.0 Å². The number of ether oxygens (including phenoxy) is 2. The Kier molecular flexibility index (Phi) is 7.98. The zero-order valence-corrected chi connectivity index (χ0v) is 20.6. The molecule has 6 nitrogen and oxygen atoms in total. The average Bonchev–Trinajstić information content (AvgIpc) is 3.18. The molecule has 1 amide bonds. The first-order valence-electron chi connectivity index (χ1n) is 10.8. The van der Waals surface area contributed by atoms with Gasteiger partial charge in [-0.15, -0.1) is 12.4 Å². The van der Waals surface area contributed by atoms with Gasteiger partial charge < -0.3 is 14.4 Å². The molecule has 8 heteroatoms. The van der Waals surface area contributed by atoms with Crippen LogP contribution >= 0.6 is 23.7 Å². The van der Waals surface area contributed by atoms with Gasteiger partial charge in [0.15, 0.2) is 16.6 Å². The van der Waals surface area contributed by atoms with Crippen LogP contribution in [0.15, 0.2) is 30.3 Å². The van der Waals surface area contributed by atoms with Crippen LogP contribution in [-0.2, 0) is 0 Å². The van der Waals surface area contributed by atoms with Crippen LogP contribution in [0.3, 0.4) is 0 Å². The normalized spacial score (nSPS) is 12.7. The zero-order chi connectivity index (χ0) is 22.0. The number of carbonyl (C=O) groups excluding carboxylic acids is 1. The molecule has 0 bridgehead atoms. The molecule has 0 atom stereocenters. The quantitative estimate of drug-likeness (QED) is 0.476. The van der Waals surface area contributed by atoms with Crippen molar-refractivity contribution in [2.75, 3.05) is 44.3 Å². The van der Waals surface area contributed by atoms with Crippen molar-refractivity contribution in [2.24, 2.45) is 0 Å². The van der Waals surface area contributed by atoms with E-state index in [1.165, 1.54) is 11.3 Å². The highest BCUT2D eigenvalue weighted by atomic mass is 35.5. The third-order valence-corrected chi connectivity index (χ3v) is 6.72. The fraction of sp³-hybridized carbons (Fsp3) is 0.417. The van der Waals surface area contributed by atoms with Crippen LogP contribution < -0.4 is 14.4 Å². The summed E-state index contributed by atoms with van der Waals surface area (Å²) in [6.07, 6.45) is 0. The van der Waals surface area contributed by atoms with Crippen LogP contribution in [0.25, 0.3) is 10.2 Å². The maximum Gasteiger partial charge on any atom is 0.260 e. The maximum atomic E-state index is 13.7. The van der Waals surface area contributed by atoms with E-state index in [4.69, 9.17) is 14.5 Å². The Morgan fingerprint density at radius 2 is 1.72 bits per heavy atom. The first-order chi connectivity index (χ1) is 15.0. The second-order valence-corrected chi connectivity index (χ2v) is 8.77. The number of amides is 1. The third kappa shape index (κ3) is 5.00. The van der Waals surface area contributed by atoms with Crippen molar-refractivity contribution in [3.63, 3.8) is 0 Å². The van der Waals surface area contributed by atoms with Gasteiger partial charge in [-0.3, -0.25) is 9.69 Å². The molecule has 0 saturated heterocycles. The molecular formula is C24H30ClN3O3S. The Morgan fingerprint density at radius 3 is 2.41 bits per heavy atom. The number of aryl methyl sites for hydroxylation is 2. The minimum atomic E-state index is -0.00956. The summed E-state index contributed by atoms with van der Waals surface area (Å²) in [5.74, 6) is 1.44. The average molecular weight is 476 g/mol. The highest BCUT2D eigenvalue weighted by Gasteiger charge is 2.24. The standard InChI is InChI=1S/C24H29N3O3S.ClH/c1-5-26(6-2)9-10-27(23(28)18-13-16(3)7-8-17(18)4)24-25-19-14-20-21(15-22(19)31-24)30-12-11-29-20;/h7-8,13-15H,5-6,9-12H2,1-4H3;1H. The van der Waals surface area contributed by atoms with Gasteiger partial charge in [-0.05, 0) is 38.6 Å². The summed E-state index contributed by atoms with van der Waals surface area (Å²) in [7, 11) is 0. The van der Waals surface area contributed by atoms with E-state index in [0.717, 1.165) is 52.3 Å². The first-order valence-corrected chi connectivity index (χ1v) is 11.6. The van der Waals surface area contributed by atoms with E-state index in [1.807, 2.05) is 49.1 Å². The molecule has 0 saturated carbocycles. The van der Waals surface area contributed by atoms with Crippen molar-refractivity contribution in [2.45, 2.75) is 27.7 Å². The van der Waals surface area contributed by atoms with Crippen LogP contribution in [0, 0.1) is 13.8 Å². The lowest BCUT2D eigenvalue weighted by molar-refractivity contribution is 0.0983. The van der Waals surface area contributed by atoms with Gasteiger partial charge in [-0.25, -0.2) is 4.98 Å². The van der Waals surface area contributed by atoms with E-state index >= 15 is 0 Å². The number of likely N-dealkylation sites (N-methyl/N-ethyl adjacent to an activating group) is 1. The van der Waals surface area contributed by atoms with Gasteiger partial charge in [0, 0.05) is 30.8 Å². The van der Waals surface area contributed by atoms with Gasteiger partial charge in [-0.2, -0.15) is 0 Å². The summed E-state index contributed by atoms with van der Waals surface area (Å²) in [6, 6.07) is 9.89. The zero-order valence-electron chi connectivity index (χ0n) is 19.0. The predicted molar refractivity (Wildman–Crippen MR) is 133 cm³/mol. The van der Waals surface area contributed by atoms with E-state index in [-0.39, 0.29) is 18.3 Å². The Morgan fingerprint density at radius 1 is 1.03 bits per heavy atom. The molecule has 1 aromatic heterocycles. The predicted octanol–water partition coefficient (Wildman–Crippen LogP) is 5.09. The lowest BCUT2D eigenvalue weighted by Crippen LogP contribution is -2.39. The SMILES string of the molecule is CCN(CC)CCN(C(=O)c1cc(C)ccc1C)c1nc2cc3c(cc2s1)OCCO3.Cl. The number of halogens is 1. The third-order valence-electron chi connectivity index (χ3n) is 5.67. The molecule has 1 aliphatic heterocycles. The molecule has 172 valence electrons. The molecule has 2 aromatic carbocycles. The molecule has 1 aliphatic rings. The number of nitrogens with zero attached hydrogens (tertiary/aromatic N) is 3. The van der Waals surface area contributed by atoms with Gasteiger partial charge >= 0.3 is 0 Å². The largest absolute Gasteiger partial charge is 0.486 e. The van der Waals surface area contributed by atoms with Crippen LogP contribution in [0.4, 0.5) is 5.13 Å². The van der Waals surface area contributed by atoms with Crippen molar-refractivity contribution in [3.8, 4) is 11.5 Å². The Labute approximate surface area is 199 Å². The number of hydrogen-bond acceptors (Lipinski definition) is 6. The van der Waals surface area contributed by atoms with Crippen LogP contribution in [0.2, 0.25) is 0 Å². The number of carbonyl (C=O) groups is 1. The summed E-state index contributed by atoms with van der Waals surface area (Å²) in [5.41, 5.74) is 3.60. The summed E-state index contributed by atoms with van der Waals surface area (Å²) in [6.45, 7) is 12.6. The summed E-state index contributed by atoms with van der Waals surface area (Å²) < 4.78 is 12.4.